The molecule has 0 spiro atoms. The van der Waals surface area contributed by atoms with Crippen LogP contribution in [0.2, 0.25) is 0 Å². The number of benzene rings is 2. The van der Waals surface area contributed by atoms with Crippen LogP contribution in [-0.2, 0) is 0 Å². The highest BCUT2D eigenvalue weighted by atomic mass is 32.1. The Morgan fingerprint density at radius 1 is 1.00 bits per heavy atom. The van der Waals surface area contributed by atoms with Crippen molar-refractivity contribution < 1.29 is 4.74 Å². The van der Waals surface area contributed by atoms with Crippen molar-refractivity contribution in [2.24, 2.45) is 0 Å². The second-order valence-electron chi connectivity index (χ2n) is 5.60. The highest BCUT2D eigenvalue weighted by Gasteiger charge is 2.08. The van der Waals surface area contributed by atoms with Gasteiger partial charge in [0, 0.05) is 0 Å². The maximum Gasteiger partial charge on any atom is 0.291 e. The highest BCUT2D eigenvalue weighted by molar-refractivity contribution is 7.15. The minimum atomic E-state index is -0.160. The Balaban J connectivity index is 1.66. The molecule has 4 rings (SSSR count). The Kier molecular flexibility index (Phi) is 4.33. The molecule has 26 heavy (non-hydrogen) atoms. The Labute approximate surface area is 153 Å². The average molecular weight is 361 g/mol. The lowest BCUT2D eigenvalue weighted by Crippen LogP contribution is -2.23. The van der Waals surface area contributed by atoms with Crippen molar-refractivity contribution in [2.75, 3.05) is 7.11 Å². The fraction of sp³-hybridized carbons (Fsp3) is 0.0500. The molecule has 0 radical (unpaired) electrons. The molecular weight excluding hydrogens is 346 g/mol. The molecule has 2 aromatic heterocycles. The van der Waals surface area contributed by atoms with Crippen LogP contribution in [0.3, 0.4) is 0 Å². The van der Waals surface area contributed by atoms with Gasteiger partial charge in [0.2, 0.25) is 4.96 Å². The van der Waals surface area contributed by atoms with E-state index in [2.05, 4.69) is 10.1 Å². The zero-order chi connectivity index (χ0) is 17.9. The number of fused-ring (bicyclic) bond motifs is 1. The molecule has 0 saturated heterocycles. The van der Waals surface area contributed by atoms with E-state index >= 15 is 0 Å². The Morgan fingerprint density at radius 2 is 1.77 bits per heavy atom. The van der Waals surface area contributed by atoms with Crippen LogP contribution in [0.1, 0.15) is 17.0 Å². The molecule has 2 heterocycles. The van der Waals surface area contributed by atoms with Crippen molar-refractivity contribution in [1.29, 1.82) is 0 Å². The van der Waals surface area contributed by atoms with Crippen LogP contribution in [0.4, 0.5) is 0 Å². The highest BCUT2D eigenvalue weighted by Crippen LogP contribution is 2.12. The summed E-state index contributed by atoms with van der Waals surface area (Å²) in [6.45, 7) is 0. The Hall–Kier alpha value is -3.25. The number of ether oxygens (including phenoxy) is 1. The first-order valence-electron chi connectivity index (χ1n) is 8.01. The van der Waals surface area contributed by atoms with Crippen LogP contribution in [0.15, 0.2) is 59.4 Å². The van der Waals surface area contributed by atoms with Gasteiger partial charge in [0.05, 0.1) is 11.6 Å². The minimum Gasteiger partial charge on any atom is -0.497 e. The Bertz CT molecular complexity index is 1180. The summed E-state index contributed by atoms with van der Waals surface area (Å²) in [5.74, 6) is 1.30. The van der Waals surface area contributed by atoms with E-state index in [1.807, 2.05) is 66.7 Å². The molecule has 0 aliphatic heterocycles. The van der Waals surface area contributed by atoms with Gasteiger partial charge in [0.1, 0.15) is 5.75 Å². The molecule has 0 fully saturated rings. The zero-order valence-electron chi connectivity index (χ0n) is 14.0. The van der Waals surface area contributed by atoms with Gasteiger partial charge >= 0.3 is 0 Å². The fourth-order valence-corrected chi connectivity index (χ4v) is 3.42. The summed E-state index contributed by atoms with van der Waals surface area (Å²) in [5, 5.41) is 4.29. The van der Waals surface area contributed by atoms with E-state index in [1.165, 1.54) is 15.9 Å². The van der Waals surface area contributed by atoms with Gasteiger partial charge in [-0.3, -0.25) is 4.79 Å². The summed E-state index contributed by atoms with van der Waals surface area (Å²) in [7, 11) is 1.62. The van der Waals surface area contributed by atoms with Gasteiger partial charge in [0.25, 0.3) is 5.56 Å². The second kappa shape index (κ2) is 6.93. The number of rotatable bonds is 4. The van der Waals surface area contributed by atoms with Gasteiger partial charge in [-0.1, -0.05) is 59.9 Å². The van der Waals surface area contributed by atoms with Crippen LogP contribution in [0.25, 0.3) is 23.2 Å². The van der Waals surface area contributed by atoms with E-state index < -0.39 is 0 Å². The maximum absolute atomic E-state index is 12.5. The van der Waals surface area contributed by atoms with Crippen LogP contribution in [0, 0.1) is 0 Å². The number of aromatic nitrogens is 3. The Morgan fingerprint density at radius 3 is 2.46 bits per heavy atom. The summed E-state index contributed by atoms with van der Waals surface area (Å²) in [4.78, 5) is 17.5. The predicted molar refractivity (Wildman–Crippen MR) is 104 cm³/mol. The SMILES string of the molecule is COc1ccc(C=c2sc3nc(C=Cc4ccccc4)nn3c2=O)cc1. The predicted octanol–water partition coefficient (Wildman–Crippen LogP) is 2.88. The van der Waals surface area contributed by atoms with Gasteiger partial charge < -0.3 is 4.74 Å². The third-order valence-electron chi connectivity index (χ3n) is 3.84. The standard InChI is InChI=1S/C20H15N3O2S/c1-25-16-10-7-15(8-11-16)13-17-19(24)23-20(26-17)21-18(22-23)12-9-14-5-3-2-4-6-14/h2-13H,1H3. The van der Waals surface area contributed by atoms with Crippen molar-refractivity contribution in [1.82, 2.24) is 14.6 Å². The van der Waals surface area contributed by atoms with Crippen molar-refractivity contribution in [3.05, 3.63) is 86.4 Å². The first-order chi connectivity index (χ1) is 12.7. The molecular formula is C20H15N3O2S. The molecule has 0 unspecified atom stereocenters. The van der Waals surface area contributed by atoms with E-state index in [1.54, 1.807) is 13.2 Å². The lowest BCUT2D eigenvalue weighted by Gasteiger charge is -1.98. The largest absolute Gasteiger partial charge is 0.497 e. The third-order valence-corrected chi connectivity index (χ3v) is 4.80. The summed E-state index contributed by atoms with van der Waals surface area (Å²) in [5.41, 5.74) is 1.82. The molecule has 0 saturated carbocycles. The molecule has 4 aromatic rings. The van der Waals surface area contributed by atoms with E-state index in [9.17, 15) is 4.79 Å². The zero-order valence-corrected chi connectivity index (χ0v) is 14.8. The van der Waals surface area contributed by atoms with Crippen molar-refractivity contribution in [2.45, 2.75) is 0 Å². The average Bonchev–Trinajstić information content (AvgIpc) is 3.21. The number of hydrogen-bond donors (Lipinski definition) is 0. The fourth-order valence-electron chi connectivity index (χ4n) is 2.51. The van der Waals surface area contributed by atoms with E-state index in [4.69, 9.17) is 4.74 Å². The van der Waals surface area contributed by atoms with Crippen molar-refractivity contribution >= 4 is 34.5 Å². The third kappa shape index (κ3) is 3.27. The van der Waals surface area contributed by atoms with Crippen molar-refractivity contribution in [3.8, 4) is 5.75 Å². The van der Waals surface area contributed by atoms with Gasteiger partial charge in [-0.25, -0.2) is 0 Å². The molecule has 128 valence electrons. The van der Waals surface area contributed by atoms with Gasteiger partial charge in [-0.15, -0.1) is 5.10 Å². The lowest BCUT2D eigenvalue weighted by molar-refractivity contribution is 0.415. The molecule has 0 atom stereocenters. The van der Waals surface area contributed by atoms with Crippen LogP contribution >= 0.6 is 11.3 Å². The molecule has 0 bridgehead atoms. The number of methoxy groups -OCH3 is 1. The van der Waals surface area contributed by atoms with E-state index in [0.717, 1.165) is 16.9 Å². The van der Waals surface area contributed by atoms with Gasteiger partial charge in [-0.05, 0) is 35.4 Å². The second-order valence-corrected chi connectivity index (χ2v) is 6.61. The molecule has 5 nitrogen and oxygen atoms in total. The van der Waals surface area contributed by atoms with Gasteiger partial charge in [-0.2, -0.15) is 9.50 Å². The summed E-state index contributed by atoms with van der Waals surface area (Å²) in [6, 6.07) is 17.4. The van der Waals surface area contributed by atoms with E-state index in [0.29, 0.717) is 15.3 Å². The molecule has 0 amide bonds. The molecule has 0 aliphatic carbocycles. The summed E-state index contributed by atoms with van der Waals surface area (Å²) < 4.78 is 7.10. The summed E-state index contributed by atoms with van der Waals surface area (Å²) >= 11 is 1.33. The van der Waals surface area contributed by atoms with Crippen LogP contribution in [-0.4, -0.2) is 21.7 Å². The monoisotopic (exact) mass is 361 g/mol. The molecule has 6 heteroatoms. The number of nitrogens with zero attached hydrogens (tertiary/aromatic N) is 3. The molecule has 0 N–H and O–H groups in total. The minimum absolute atomic E-state index is 0.160. The van der Waals surface area contributed by atoms with E-state index in [-0.39, 0.29) is 5.56 Å². The first-order valence-corrected chi connectivity index (χ1v) is 8.83. The number of thiazole rings is 1. The summed E-state index contributed by atoms with van der Waals surface area (Å²) in [6.07, 6.45) is 5.57. The lowest BCUT2D eigenvalue weighted by atomic mass is 10.2. The molecule has 2 aromatic carbocycles. The normalized spacial score (nSPS) is 12.3. The van der Waals surface area contributed by atoms with Crippen LogP contribution < -0.4 is 14.8 Å². The topological polar surface area (TPSA) is 56.5 Å². The van der Waals surface area contributed by atoms with Crippen molar-refractivity contribution in [3.63, 3.8) is 0 Å². The smallest absolute Gasteiger partial charge is 0.291 e. The van der Waals surface area contributed by atoms with Crippen LogP contribution in [0.5, 0.6) is 5.75 Å². The quantitative estimate of drug-likeness (QED) is 0.561. The molecule has 0 aliphatic rings. The maximum atomic E-state index is 12.5. The first kappa shape index (κ1) is 16.2. The van der Waals surface area contributed by atoms with Gasteiger partial charge in [0.15, 0.2) is 5.82 Å². The number of hydrogen-bond acceptors (Lipinski definition) is 5.